The third kappa shape index (κ3) is 4.67. The van der Waals surface area contributed by atoms with Crippen molar-refractivity contribution in [2.45, 2.75) is 25.0 Å². The predicted molar refractivity (Wildman–Crippen MR) is 138 cm³/mol. The van der Waals surface area contributed by atoms with Gasteiger partial charge in [-0.3, -0.25) is 0 Å². The second kappa shape index (κ2) is 9.77. The lowest BCUT2D eigenvalue weighted by atomic mass is 9.77. The first kappa shape index (κ1) is 23.9. The quantitative estimate of drug-likeness (QED) is 0.324. The maximum Gasteiger partial charge on any atom is 0.236 e. The van der Waals surface area contributed by atoms with Crippen molar-refractivity contribution >= 4 is 0 Å². The monoisotopic (exact) mass is 499 g/mol. The van der Waals surface area contributed by atoms with Crippen LogP contribution in [0, 0.1) is 17.7 Å². The zero-order valence-corrected chi connectivity index (χ0v) is 20.8. The number of quaternary nitrogens is 1. The van der Waals surface area contributed by atoms with Gasteiger partial charge in [-0.15, -0.1) is 0 Å². The van der Waals surface area contributed by atoms with Crippen LogP contribution in [-0.4, -0.2) is 40.8 Å². The summed E-state index contributed by atoms with van der Waals surface area (Å²) in [6.45, 7) is 4.61. The van der Waals surface area contributed by atoms with Gasteiger partial charge in [-0.1, -0.05) is 60.7 Å². The van der Waals surface area contributed by atoms with Crippen LogP contribution in [0.5, 0.6) is 5.75 Å². The van der Waals surface area contributed by atoms with Crippen molar-refractivity contribution in [1.82, 2.24) is 4.98 Å². The van der Waals surface area contributed by atoms with E-state index in [1.807, 2.05) is 60.7 Å². The molecule has 1 atom stereocenters. The predicted octanol–water partition coefficient (Wildman–Crippen LogP) is 5.53. The van der Waals surface area contributed by atoms with Crippen LogP contribution in [-0.2, 0) is 12.1 Å². The molecule has 3 aliphatic heterocycles. The van der Waals surface area contributed by atoms with E-state index in [4.69, 9.17) is 9.15 Å². The number of benzene rings is 3. The molecule has 4 heterocycles. The Morgan fingerprint density at radius 2 is 1.54 bits per heavy atom. The van der Waals surface area contributed by atoms with Crippen molar-refractivity contribution < 1.29 is 23.1 Å². The Labute approximate surface area is 216 Å². The maximum atomic E-state index is 13.2. The number of fused-ring (bicyclic) bond motifs is 3. The van der Waals surface area contributed by atoms with E-state index >= 15 is 0 Å². The van der Waals surface area contributed by atoms with Gasteiger partial charge in [-0.25, -0.2) is 9.37 Å². The highest BCUT2D eigenvalue weighted by molar-refractivity contribution is 5.41. The molecule has 0 radical (unpaired) electrons. The Bertz CT molecular complexity index is 1280. The van der Waals surface area contributed by atoms with Crippen LogP contribution in [0.4, 0.5) is 4.39 Å². The molecule has 3 saturated heterocycles. The number of rotatable bonds is 8. The van der Waals surface area contributed by atoms with Crippen molar-refractivity contribution in [3.63, 3.8) is 0 Å². The molecule has 4 aromatic rings. The van der Waals surface area contributed by atoms with Gasteiger partial charge >= 0.3 is 0 Å². The van der Waals surface area contributed by atoms with Crippen molar-refractivity contribution in [2.24, 2.45) is 11.8 Å². The number of oxazole rings is 1. The summed E-state index contributed by atoms with van der Waals surface area (Å²) in [6, 6.07) is 25.4. The molecule has 7 rings (SSSR count). The minimum atomic E-state index is -1.47. The molecule has 1 unspecified atom stereocenters. The van der Waals surface area contributed by atoms with Crippen molar-refractivity contribution in [2.75, 3.05) is 26.2 Å². The Morgan fingerprint density at radius 1 is 0.919 bits per heavy atom. The van der Waals surface area contributed by atoms with E-state index in [0.717, 1.165) is 60.4 Å². The second-order valence-electron chi connectivity index (χ2n) is 10.6. The van der Waals surface area contributed by atoms with Gasteiger partial charge in [0.05, 0.1) is 32.4 Å². The van der Waals surface area contributed by atoms with Crippen LogP contribution in [0.1, 0.15) is 35.6 Å². The minimum Gasteiger partial charge on any atom is -0.493 e. The maximum absolute atomic E-state index is 13.2. The minimum absolute atomic E-state index is 0.252. The highest BCUT2D eigenvalue weighted by atomic mass is 19.1. The molecule has 5 nitrogen and oxygen atoms in total. The van der Waals surface area contributed by atoms with Crippen LogP contribution >= 0.6 is 0 Å². The summed E-state index contributed by atoms with van der Waals surface area (Å²) < 4.78 is 26.6. The molecule has 0 saturated carbocycles. The fraction of sp³-hybridized carbons (Fsp3) is 0.323. The lowest BCUT2D eigenvalue weighted by Crippen LogP contribution is -2.62. The third-order valence-electron chi connectivity index (χ3n) is 8.25. The molecule has 1 N–H and O–H groups in total. The standard InChI is InChI=1S/C31H32FN2O3/c32-27-11-13-28(14-12-27)36-22-24-20-34(17-15-23(24)16-18-34)21-29-19-33-30(37-29)31(35,25-7-3-1-4-8-25)26-9-5-2-6-10-26/h1-14,19,23-24,35H,15-18,20-22H2/q+1. The molecule has 0 amide bonds. The molecule has 37 heavy (non-hydrogen) atoms. The molecule has 3 fully saturated rings. The normalized spacial score (nSPS) is 23.2. The van der Waals surface area contributed by atoms with Crippen LogP contribution in [0.2, 0.25) is 0 Å². The zero-order valence-electron chi connectivity index (χ0n) is 20.8. The molecule has 1 aromatic heterocycles. The van der Waals surface area contributed by atoms with Gasteiger partial charge in [0.2, 0.25) is 5.89 Å². The summed E-state index contributed by atoms with van der Waals surface area (Å²) in [4.78, 5) is 4.60. The van der Waals surface area contributed by atoms with Crippen molar-refractivity contribution in [3.05, 3.63) is 120 Å². The molecule has 3 aliphatic rings. The van der Waals surface area contributed by atoms with E-state index in [-0.39, 0.29) is 5.82 Å². The van der Waals surface area contributed by atoms with Crippen LogP contribution in [0.3, 0.4) is 0 Å². The SMILES string of the molecule is OC(c1ccccc1)(c1ccccc1)c1ncc(C[N+]23CCC(CC2)C(COc2ccc(F)cc2)C3)o1. The van der Waals surface area contributed by atoms with E-state index in [1.54, 1.807) is 18.3 Å². The Balaban J connectivity index is 1.21. The van der Waals surface area contributed by atoms with Gasteiger partial charge in [0.15, 0.2) is 11.4 Å². The average molecular weight is 500 g/mol. The summed E-state index contributed by atoms with van der Waals surface area (Å²) in [5, 5.41) is 12.0. The topological polar surface area (TPSA) is 55.5 Å². The number of nitrogens with zero attached hydrogens (tertiary/aromatic N) is 2. The first-order valence-electron chi connectivity index (χ1n) is 13.1. The van der Waals surface area contributed by atoms with Gasteiger partial charge in [0.25, 0.3) is 0 Å². The number of piperidine rings is 3. The Hall–Kier alpha value is -3.48. The molecule has 190 valence electrons. The van der Waals surface area contributed by atoms with E-state index in [1.165, 1.54) is 12.1 Å². The molecule has 2 bridgehead atoms. The number of aliphatic hydroxyl groups is 1. The fourth-order valence-corrected chi connectivity index (χ4v) is 6.23. The summed E-state index contributed by atoms with van der Waals surface area (Å²) >= 11 is 0. The summed E-state index contributed by atoms with van der Waals surface area (Å²) in [7, 11) is 0. The molecular formula is C31H32FN2O3+. The van der Waals surface area contributed by atoms with Crippen molar-refractivity contribution in [3.8, 4) is 5.75 Å². The Kier molecular flexibility index (Phi) is 6.31. The van der Waals surface area contributed by atoms with Gasteiger partial charge < -0.3 is 18.7 Å². The van der Waals surface area contributed by atoms with E-state index in [0.29, 0.717) is 30.1 Å². The summed E-state index contributed by atoms with van der Waals surface area (Å²) in [5.41, 5.74) is -0.0295. The second-order valence-corrected chi connectivity index (χ2v) is 10.6. The highest BCUT2D eigenvalue weighted by Crippen LogP contribution is 2.41. The summed E-state index contributed by atoms with van der Waals surface area (Å²) in [5.74, 6) is 2.65. The Morgan fingerprint density at radius 3 is 2.16 bits per heavy atom. The lowest BCUT2D eigenvalue weighted by Gasteiger charge is -2.52. The fourth-order valence-electron chi connectivity index (χ4n) is 6.23. The van der Waals surface area contributed by atoms with Gasteiger partial charge in [-0.05, 0) is 41.3 Å². The molecule has 0 spiro atoms. The summed E-state index contributed by atoms with van der Waals surface area (Å²) in [6.07, 6.45) is 4.11. The number of aromatic nitrogens is 1. The smallest absolute Gasteiger partial charge is 0.236 e. The van der Waals surface area contributed by atoms with Crippen LogP contribution < -0.4 is 4.74 Å². The third-order valence-corrected chi connectivity index (χ3v) is 8.25. The molecule has 3 aromatic carbocycles. The number of halogens is 1. The molecule has 0 aliphatic carbocycles. The number of hydrogen-bond donors (Lipinski definition) is 1. The van der Waals surface area contributed by atoms with Crippen LogP contribution in [0.25, 0.3) is 0 Å². The number of ether oxygens (including phenoxy) is 1. The molecule has 6 heteroatoms. The van der Waals surface area contributed by atoms with Gasteiger partial charge in [-0.2, -0.15) is 0 Å². The highest BCUT2D eigenvalue weighted by Gasteiger charge is 2.47. The van der Waals surface area contributed by atoms with Gasteiger partial charge in [0.1, 0.15) is 18.1 Å². The van der Waals surface area contributed by atoms with E-state index in [9.17, 15) is 9.50 Å². The van der Waals surface area contributed by atoms with Crippen LogP contribution in [0.15, 0.2) is 95.5 Å². The van der Waals surface area contributed by atoms with E-state index in [2.05, 4.69) is 4.98 Å². The zero-order chi connectivity index (χ0) is 25.3. The first-order valence-corrected chi connectivity index (χ1v) is 13.1. The lowest BCUT2D eigenvalue weighted by molar-refractivity contribution is -0.960. The number of hydrogen-bond acceptors (Lipinski definition) is 4. The van der Waals surface area contributed by atoms with Gasteiger partial charge in [0, 0.05) is 18.8 Å². The average Bonchev–Trinajstić information content (AvgIpc) is 3.42. The largest absolute Gasteiger partial charge is 0.493 e. The van der Waals surface area contributed by atoms with E-state index < -0.39 is 5.60 Å². The first-order chi connectivity index (χ1) is 18.0. The van der Waals surface area contributed by atoms with Crippen molar-refractivity contribution in [1.29, 1.82) is 0 Å². The molecular weight excluding hydrogens is 467 g/mol.